The van der Waals surface area contributed by atoms with Crippen molar-refractivity contribution in [2.75, 3.05) is 0 Å². The average Bonchev–Trinajstić information content (AvgIpc) is 2.55. The predicted octanol–water partition coefficient (Wildman–Crippen LogP) is 3.49. The summed E-state index contributed by atoms with van der Waals surface area (Å²) in [6, 6.07) is 5.86. The van der Waals surface area contributed by atoms with Crippen LogP contribution in [0.4, 0.5) is 0 Å². The summed E-state index contributed by atoms with van der Waals surface area (Å²) in [5.74, 6) is -0.799. The minimum atomic E-state index is -0.799. The number of hydrogen-bond donors (Lipinski definition) is 1. The van der Waals surface area contributed by atoms with Gasteiger partial charge in [0.25, 0.3) is 0 Å². The normalized spacial score (nSPS) is 12.0. The Morgan fingerprint density at radius 1 is 1.44 bits per heavy atom. The molecular formula is C14H16ClNO2. The number of carboxylic acids is 1. The van der Waals surface area contributed by atoms with E-state index < -0.39 is 11.4 Å². The highest BCUT2D eigenvalue weighted by Crippen LogP contribution is 2.32. The van der Waals surface area contributed by atoms with Gasteiger partial charge in [0, 0.05) is 24.1 Å². The Kier molecular flexibility index (Phi) is 3.11. The minimum absolute atomic E-state index is 0.462. The molecule has 96 valence electrons. The summed E-state index contributed by atoms with van der Waals surface area (Å²) in [6.45, 7) is 3.45. The Bertz CT molecular complexity index is 614. The monoisotopic (exact) mass is 265 g/mol. The van der Waals surface area contributed by atoms with E-state index in [4.69, 9.17) is 11.6 Å². The molecule has 0 saturated heterocycles. The number of aliphatic carboxylic acids is 1. The second-order valence-electron chi connectivity index (χ2n) is 5.27. The van der Waals surface area contributed by atoms with E-state index >= 15 is 0 Å². The quantitative estimate of drug-likeness (QED) is 0.923. The average molecular weight is 266 g/mol. The Morgan fingerprint density at radius 3 is 2.72 bits per heavy atom. The molecule has 0 aliphatic carbocycles. The van der Waals surface area contributed by atoms with Crippen molar-refractivity contribution < 1.29 is 9.90 Å². The Hall–Kier alpha value is -1.48. The van der Waals surface area contributed by atoms with Crippen LogP contribution >= 0.6 is 11.6 Å². The molecule has 1 aromatic heterocycles. The molecule has 1 aromatic carbocycles. The molecule has 0 atom stereocenters. The molecule has 0 radical (unpaired) electrons. The van der Waals surface area contributed by atoms with Gasteiger partial charge in [0.15, 0.2) is 0 Å². The summed E-state index contributed by atoms with van der Waals surface area (Å²) in [6.07, 6.45) is 2.31. The van der Waals surface area contributed by atoms with E-state index in [1.165, 1.54) is 0 Å². The van der Waals surface area contributed by atoms with Crippen molar-refractivity contribution in [3.63, 3.8) is 0 Å². The third-order valence-corrected chi connectivity index (χ3v) is 3.55. The molecule has 1 N–H and O–H groups in total. The van der Waals surface area contributed by atoms with Crippen molar-refractivity contribution >= 4 is 28.5 Å². The second kappa shape index (κ2) is 4.32. The second-order valence-corrected chi connectivity index (χ2v) is 5.67. The zero-order valence-electron chi connectivity index (χ0n) is 10.7. The van der Waals surface area contributed by atoms with E-state index in [0.29, 0.717) is 11.4 Å². The molecule has 2 rings (SSSR count). The van der Waals surface area contributed by atoms with Gasteiger partial charge in [-0.3, -0.25) is 4.79 Å². The molecule has 3 nitrogen and oxygen atoms in total. The third kappa shape index (κ3) is 2.10. The van der Waals surface area contributed by atoms with E-state index in [2.05, 4.69) is 0 Å². The number of nitrogens with zero attached hydrogens (tertiary/aromatic N) is 1. The van der Waals surface area contributed by atoms with Crippen molar-refractivity contribution in [1.29, 1.82) is 0 Å². The fourth-order valence-electron chi connectivity index (χ4n) is 2.16. The van der Waals surface area contributed by atoms with E-state index in [9.17, 15) is 9.90 Å². The van der Waals surface area contributed by atoms with Crippen LogP contribution in [0.5, 0.6) is 0 Å². The number of fused-ring (bicyclic) bond motifs is 1. The first-order chi connectivity index (χ1) is 8.33. The van der Waals surface area contributed by atoms with E-state index in [1.807, 2.05) is 36.0 Å². The lowest BCUT2D eigenvalue weighted by Gasteiger charge is -2.19. The van der Waals surface area contributed by atoms with Gasteiger partial charge in [-0.25, -0.2) is 0 Å². The molecule has 0 aliphatic heterocycles. The first-order valence-electron chi connectivity index (χ1n) is 5.79. The first kappa shape index (κ1) is 13.0. The number of halogens is 1. The summed E-state index contributed by atoms with van der Waals surface area (Å²) >= 11 is 6.22. The van der Waals surface area contributed by atoms with Gasteiger partial charge in [0.2, 0.25) is 0 Å². The molecule has 0 aliphatic rings. The SMILES string of the molecule is Cn1cc(Cl)c2c(CC(C)(C)C(=O)O)cccc21. The molecule has 0 unspecified atom stereocenters. The van der Waals surface area contributed by atoms with Crippen LogP contribution in [0, 0.1) is 5.41 Å². The van der Waals surface area contributed by atoms with Crippen molar-refractivity contribution in [3.05, 3.63) is 35.0 Å². The molecule has 0 amide bonds. The van der Waals surface area contributed by atoms with Crippen LogP contribution in [0.1, 0.15) is 19.4 Å². The maximum Gasteiger partial charge on any atom is 0.309 e. The number of aryl methyl sites for hydroxylation is 1. The lowest BCUT2D eigenvalue weighted by atomic mass is 9.85. The van der Waals surface area contributed by atoms with Gasteiger partial charge in [-0.2, -0.15) is 0 Å². The summed E-state index contributed by atoms with van der Waals surface area (Å²) in [4.78, 5) is 11.2. The molecular weight excluding hydrogens is 250 g/mol. The van der Waals surface area contributed by atoms with E-state index in [-0.39, 0.29) is 0 Å². The summed E-state index contributed by atoms with van der Waals surface area (Å²) in [5, 5.41) is 10.8. The standard InChI is InChI=1S/C14H16ClNO2/c1-14(2,13(17)18)7-9-5-4-6-11-12(9)10(15)8-16(11)3/h4-6,8H,7H2,1-3H3,(H,17,18). The third-order valence-electron chi connectivity index (χ3n) is 3.27. The van der Waals surface area contributed by atoms with Crippen LogP contribution in [0.15, 0.2) is 24.4 Å². The molecule has 0 fully saturated rings. The number of carbonyl (C=O) groups is 1. The van der Waals surface area contributed by atoms with Crippen LogP contribution < -0.4 is 0 Å². The number of carboxylic acid groups (broad SMARTS) is 1. The smallest absolute Gasteiger partial charge is 0.309 e. The van der Waals surface area contributed by atoms with Crippen molar-refractivity contribution in [1.82, 2.24) is 4.57 Å². The molecule has 0 saturated carbocycles. The van der Waals surface area contributed by atoms with E-state index in [1.54, 1.807) is 13.8 Å². The van der Waals surface area contributed by atoms with Crippen LogP contribution in [-0.4, -0.2) is 15.6 Å². The van der Waals surface area contributed by atoms with Crippen molar-refractivity contribution in [3.8, 4) is 0 Å². The predicted molar refractivity (Wildman–Crippen MR) is 73.0 cm³/mol. The maximum atomic E-state index is 11.2. The zero-order chi connectivity index (χ0) is 13.5. The molecule has 4 heteroatoms. The number of rotatable bonds is 3. The summed E-state index contributed by atoms with van der Waals surface area (Å²) in [7, 11) is 1.93. The molecule has 18 heavy (non-hydrogen) atoms. The number of hydrogen-bond acceptors (Lipinski definition) is 1. The van der Waals surface area contributed by atoms with Gasteiger partial charge in [-0.05, 0) is 31.9 Å². The highest BCUT2D eigenvalue weighted by atomic mass is 35.5. The highest BCUT2D eigenvalue weighted by molar-refractivity contribution is 6.35. The molecule has 1 heterocycles. The van der Waals surface area contributed by atoms with Crippen molar-refractivity contribution in [2.45, 2.75) is 20.3 Å². The van der Waals surface area contributed by atoms with Crippen LogP contribution in [0.3, 0.4) is 0 Å². The zero-order valence-corrected chi connectivity index (χ0v) is 11.5. The van der Waals surface area contributed by atoms with Crippen LogP contribution in [0.25, 0.3) is 10.9 Å². The van der Waals surface area contributed by atoms with Gasteiger partial charge < -0.3 is 9.67 Å². The van der Waals surface area contributed by atoms with Crippen LogP contribution in [0.2, 0.25) is 5.02 Å². The van der Waals surface area contributed by atoms with E-state index in [0.717, 1.165) is 16.5 Å². The fraction of sp³-hybridized carbons (Fsp3) is 0.357. The fourth-order valence-corrected chi connectivity index (χ4v) is 2.52. The Balaban J connectivity index is 2.56. The molecule has 0 spiro atoms. The topological polar surface area (TPSA) is 42.2 Å². The summed E-state index contributed by atoms with van der Waals surface area (Å²) < 4.78 is 1.95. The maximum absolute atomic E-state index is 11.2. The lowest BCUT2D eigenvalue weighted by molar-refractivity contribution is -0.146. The summed E-state index contributed by atoms with van der Waals surface area (Å²) in [5.41, 5.74) is 1.21. The van der Waals surface area contributed by atoms with Gasteiger partial charge >= 0.3 is 5.97 Å². The lowest BCUT2D eigenvalue weighted by Crippen LogP contribution is -2.26. The minimum Gasteiger partial charge on any atom is -0.481 e. The number of benzene rings is 1. The Morgan fingerprint density at radius 2 is 2.11 bits per heavy atom. The van der Waals surface area contributed by atoms with Gasteiger partial charge in [0.05, 0.1) is 10.4 Å². The van der Waals surface area contributed by atoms with Gasteiger partial charge in [0.1, 0.15) is 0 Å². The number of aromatic nitrogens is 1. The largest absolute Gasteiger partial charge is 0.481 e. The highest BCUT2D eigenvalue weighted by Gasteiger charge is 2.28. The first-order valence-corrected chi connectivity index (χ1v) is 6.16. The van der Waals surface area contributed by atoms with Gasteiger partial charge in [-0.15, -0.1) is 0 Å². The van der Waals surface area contributed by atoms with Crippen molar-refractivity contribution in [2.24, 2.45) is 12.5 Å². The Labute approximate surface area is 111 Å². The molecule has 2 aromatic rings. The van der Waals surface area contributed by atoms with Crippen LogP contribution in [-0.2, 0) is 18.3 Å². The van der Waals surface area contributed by atoms with Gasteiger partial charge in [-0.1, -0.05) is 23.7 Å². The molecule has 0 bridgehead atoms.